The molecular weight excluding hydrogens is 570 g/mol. The van der Waals surface area contributed by atoms with Crippen LogP contribution in [0.3, 0.4) is 0 Å². The van der Waals surface area contributed by atoms with E-state index in [1.54, 1.807) is 42.6 Å². The number of rotatable bonds is 9. The van der Waals surface area contributed by atoms with Crippen LogP contribution in [0.1, 0.15) is 57.3 Å². The molecule has 12 nitrogen and oxygen atoms in total. The molecule has 1 saturated carbocycles. The predicted molar refractivity (Wildman–Crippen MR) is 170 cm³/mol. The predicted octanol–water partition coefficient (Wildman–Crippen LogP) is 6.36. The number of imidazole rings is 1. The number of nitrogens with one attached hydrogen (secondary N) is 1. The highest BCUT2D eigenvalue weighted by molar-refractivity contribution is 5.85. The van der Waals surface area contributed by atoms with Gasteiger partial charge in [-0.2, -0.15) is 15.2 Å². The van der Waals surface area contributed by atoms with Crippen molar-refractivity contribution in [3.05, 3.63) is 78.6 Å². The summed E-state index contributed by atoms with van der Waals surface area (Å²) in [6.45, 7) is 7.23. The van der Waals surface area contributed by atoms with Gasteiger partial charge in [0.1, 0.15) is 11.0 Å². The number of aromatic nitrogens is 8. The first kappa shape index (κ1) is 28.8. The summed E-state index contributed by atoms with van der Waals surface area (Å²) in [5, 5.41) is 12.9. The van der Waals surface area contributed by atoms with E-state index in [0.717, 1.165) is 30.5 Å². The number of nitrogens with zero attached hydrogens (tertiary/aromatic N) is 8. The van der Waals surface area contributed by atoms with Gasteiger partial charge in [0.15, 0.2) is 28.7 Å². The van der Waals surface area contributed by atoms with Gasteiger partial charge in [0, 0.05) is 36.6 Å². The van der Waals surface area contributed by atoms with Crippen molar-refractivity contribution in [3.8, 4) is 17.2 Å². The van der Waals surface area contributed by atoms with E-state index in [0.29, 0.717) is 46.8 Å². The lowest BCUT2D eigenvalue weighted by Gasteiger charge is -2.27. The smallest absolute Gasteiger partial charge is 0.211 e. The normalized spacial score (nSPS) is 16.9. The van der Waals surface area contributed by atoms with E-state index in [9.17, 15) is 0 Å². The highest BCUT2D eigenvalue weighted by atomic mass is 16.5. The molecule has 1 N–H and O–H groups in total. The SMILES string of the molecule is COc1c(Oc2cnn3ccncc23)cnc2nc(Nc3cc(C(C)(C)C)n(C4CCC[C@H]4OCc4ccccc4)n3)n(C)c12. The van der Waals surface area contributed by atoms with E-state index in [2.05, 4.69) is 64.0 Å². The Labute approximate surface area is 261 Å². The molecule has 1 unspecified atom stereocenters. The van der Waals surface area contributed by atoms with Crippen LogP contribution in [0.4, 0.5) is 11.8 Å². The molecule has 7 rings (SSSR count). The van der Waals surface area contributed by atoms with Crippen molar-refractivity contribution in [2.24, 2.45) is 7.05 Å². The Kier molecular flexibility index (Phi) is 7.36. The molecule has 0 amide bonds. The van der Waals surface area contributed by atoms with Crippen molar-refractivity contribution >= 4 is 28.4 Å². The second-order valence-corrected chi connectivity index (χ2v) is 12.4. The van der Waals surface area contributed by atoms with E-state index < -0.39 is 0 Å². The minimum atomic E-state index is -0.128. The highest BCUT2D eigenvalue weighted by Gasteiger charge is 2.34. The maximum atomic E-state index is 6.47. The third kappa shape index (κ3) is 5.46. The Morgan fingerprint density at radius 1 is 1.04 bits per heavy atom. The molecule has 0 bridgehead atoms. The first-order valence-corrected chi connectivity index (χ1v) is 15.2. The lowest BCUT2D eigenvalue weighted by molar-refractivity contribution is 0.0154. The van der Waals surface area contributed by atoms with E-state index in [4.69, 9.17) is 24.3 Å². The molecule has 0 radical (unpaired) electrons. The third-order valence-corrected chi connectivity index (χ3v) is 8.32. The lowest BCUT2D eigenvalue weighted by atomic mass is 9.91. The average Bonchev–Trinajstić information content (AvgIpc) is 3.83. The average molecular weight is 608 g/mol. The van der Waals surface area contributed by atoms with Crippen LogP contribution in [-0.4, -0.2) is 52.1 Å². The van der Waals surface area contributed by atoms with Crippen LogP contribution < -0.4 is 14.8 Å². The van der Waals surface area contributed by atoms with E-state index >= 15 is 0 Å². The number of methoxy groups -OCH3 is 1. The van der Waals surface area contributed by atoms with Gasteiger partial charge < -0.3 is 24.1 Å². The highest BCUT2D eigenvalue weighted by Crippen LogP contribution is 2.40. The van der Waals surface area contributed by atoms with Gasteiger partial charge in [0.05, 0.1) is 44.5 Å². The molecular formula is C33H37N9O3. The monoisotopic (exact) mass is 607 g/mol. The summed E-state index contributed by atoms with van der Waals surface area (Å²) < 4.78 is 24.3. The van der Waals surface area contributed by atoms with Crippen molar-refractivity contribution in [3.63, 3.8) is 0 Å². The van der Waals surface area contributed by atoms with E-state index in [1.807, 2.05) is 29.8 Å². The number of anilines is 2. The molecule has 5 heterocycles. The number of pyridine rings is 1. The summed E-state index contributed by atoms with van der Waals surface area (Å²) in [7, 11) is 3.52. The quantitative estimate of drug-likeness (QED) is 0.200. The lowest BCUT2D eigenvalue weighted by Crippen LogP contribution is -2.28. The molecule has 45 heavy (non-hydrogen) atoms. The molecule has 0 aliphatic heterocycles. The van der Waals surface area contributed by atoms with Crippen LogP contribution in [0.15, 0.2) is 67.4 Å². The summed E-state index contributed by atoms with van der Waals surface area (Å²) in [5.74, 6) is 2.79. The summed E-state index contributed by atoms with van der Waals surface area (Å²) in [6.07, 6.45) is 11.6. The van der Waals surface area contributed by atoms with Gasteiger partial charge in [0.2, 0.25) is 5.95 Å². The molecule has 2 atom stereocenters. The zero-order chi connectivity index (χ0) is 31.1. The van der Waals surface area contributed by atoms with Gasteiger partial charge in [-0.15, -0.1) is 0 Å². The molecule has 6 aromatic rings. The minimum absolute atomic E-state index is 0.0885. The standard InChI is InChI=1S/C33H37N9O3/c1-33(2,3)27-16-28(39-42(27)22-12-9-13-24(22)44-20-21-10-7-6-8-11-21)37-32-38-31-29(40(32)4)30(43-5)26(18-35-31)45-25-19-36-41-15-14-34-17-23(25)41/h6-8,10-11,14-19,22,24H,9,12-13,20H2,1-5H3,(H,35,37,38,39)/t22?,24-/m1/s1. The summed E-state index contributed by atoms with van der Waals surface area (Å²) in [6, 6.07) is 12.6. The van der Waals surface area contributed by atoms with E-state index in [1.165, 1.54) is 5.56 Å². The fraction of sp³-hybridized carbons (Fsp3) is 0.364. The summed E-state index contributed by atoms with van der Waals surface area (Å²) >= 11 is 0. The van der Waals surface area contributed by atoms with Crippen LogP contribution in [0.25, 0.3) is 16.7 Å². The number of hydrogen-bond acceptors (Lipinski definition) is 9. The second kappa shape index (κ2) is 11.5. The third-order valence-electron chi connectivity index (χ3n) is 8.32. The Balaban J connectivity index is 1.18. The molecule has 5 aromatic heterocycles. The Hall–Kier alpha value is -4.97. The molecule has 232 valence electrons. The first-order chi connectivity index (χ1) is 21.8. The van der Waals surface area contributed by atoms with Crippen LogP contribution in [0, 0.1) is 0 Å². The summed E-state index contributed by atoms with van der Waals surface area (Å²) in [4.78, 5) is 13.6. The maximum Gasteiger partial charge on any atom is 0.211 e. The number of aryl methyl sites for hydroxylation is 1. The number of benzene rings is 1. The van der Waals surface area contributed by atoms with Crippen molar-refractivity contribution < 1.29 is 14.2 Å². The number of ether oxygens (including phenoxy) is 3. The maximum absolute atomic E-state index is 6.47. The Bertz CT molecular complexity index is 1960. The molecule has 12 heteroatoms. The molecule has 1 fully saturated rings. The van der Waals surface area contributed by atoms with Crippen molar-refractivity contribution in [1.82, 2.24) is 38.9 Å². The van der Waals surface area contributed by atoms with Crippen LogP contribution in [0.5, 0.6) is 17.2 Å². The number of hydrogen-bond donors (Lipinski definition) is 1. The summed E-state index contributed by atoms with van der Waals surface area (Å²) in [5.41, 5.74) is 4.12. The van der Waals surface area contributed by atoms with Gasteiger partial charge >= 0.3 is 0 Å². The largest absolute Gasteiger partial charge is 0.491 e. The van der Waals surface area contributed by atoms with Crippen molar-refractivity contribution in [2.45, 2.75) is 64.2 Å². The van der Waals surface area contributed by atoms with Crippen LogP contribution >= 0.6 is 0 Å². The molecule has 0 saturated heterocycles. The van der Waals surface area contributed by atoms with Gasteiger partial charge in [-0.1, -0.05) is 51.1 Å². The second-order valence-electron chi connectivity index (χ2n) is 12.4. The molecule has 1 aliphatic carbocycles. The minimum Gasteiger partial charge on any atom is -0.491 e. The van der Waals surface area contributed by atoms with Crippen molar-refractivity contribution in [2.75, 3.05) is 12.4 Å². The fourth-order valence-electron chi connectivity index (χ4n) is 6.06. The Morgan fingerprint density at radius 2 is 1.89 bits per heavy atom. The molecule has 1 aromatic carbocycles. The van der Waals surface area contributed by atoms with Gasteiger partial charge in [-0.3, -0.25) is 9.67 Å². The van der Waals surface area contributed by atoms with Gasteiger partial charge in [0.25, 0.3) is 0 Å². The molecule has 1 aliphatic rings. The number of fused-ring (bicyclic) bond motifs is 2. The zero-order valence-corrected chi connectivity index (χ0v) is 26.1. The van der Waals surface area contributed by atoms with Crippen LogP contribution in [-0.2, 0) is 23.8 Å². The Morgan fingerprint density at radius 3 is 2.69 bits per heavy atom. The van der Waals surface area contributed by atoms with Gasteiger partial charge in [-0.25, -0.2) is 9.50 Å². The van der Waals surface area contributed by atoms with Gasteiger partial charge in [-0.05, 0) is 24.8 Å². The van der Waals surface area contributed by atoms with Crippen molar-refractivity contribution in [1.29, 1.82) is 0 Å². The fourth-order valence-corrected chi connectivity index (χ4v) is 6.06. The zero-order valence-electron chi connectivity index (χ0n) is 26.1. The topological polar surface area (TPSA) is 118 Å². The first-order valence-electron chi connectivity index (χ1n) is 15.2. The van der Waals surface area contributed by atoms with Crippen LogP contribution in [0.2, 0.25) is 0 Å². The van der Waals surface area contributed by atoms with E-state index in [-0.39, 0.29) is 17.6 Å². The molecule has 0 spiro atoms.